The summed E-state index contributed by atoms with van der Waals surface area (Å²) < 4.78 is 24.6. The summed E-state index contributed by atoms with van der Waals surface area (Å²) in [6, 6.07) is 8.01. The number of hydrogen-bond acceptors (Lipinski definition) is 6. The van der Waals surface area contributed by atoms with E-state index in [2.05, 4.69) is 10.6 Å². The maximum atomic E-state index is 12.3. The fraction of sp³-hybridized carbons (Fsp3) is 0.500. The van der Waals surface area contributed by atoms with Crippen molar-refractivity contribution in [2.24, 2.45) is 0 Å². The second-order valence-electron chi connectivity index (χ2n) is 6.11. The van der Waals surface area contributed by atoms with Gasteiger partial charge in [-0.25, -0.2) is 22.8 Å². The normalized spacial score (nSPS) is 10.6. The zero-order valence-corrected chi connectivity index (χ0v) is 17.6. The second-order valence-corrected chi connectivity index (χ2v) is 8.22. The molecule has 0 aromatic heterocycles. The standard InChI is InChI=1S/C16H27N3O3S.C2H2O4/c1-4-17-10-11-18-16(20)19(14(2)3)12-13-23(21,22)15-8-6-5-7-9-15;3-1(4)2(5)6/h5-9,14,17H,4,10-13H2,1-3H3,(H,18,20);(H,3,4)(H,5,6). The predicted octanol–water partition coefficient (Wildman–Crippen LogP) is 0.645. The summed E-state index contributed by atoms with van der Waals surface area (Å²) in [5.74, 6) is -3.74. The lowest BCUT2D eigenvalue weighted by Gasteiger charge is -2.27. The Morgan fingerprint density at radius 1 is 1.03 bits per heavy atom. The topological polar surface area (TPSA) is 153 Å². The van der Waals surface area contributed by atoms with Gasteiger partial charge in [-0.15, -0.1) is 0 Å². The molecular formula is C18H29N3O7S. The van der Waals surface area contributed by atoms with Gasteiger partial charge >= 0.3 is 18.0 Å². The SMILES string of the molecule is CCNCCNC(=O)N(CCS(=O)(=O)c1ccccc1)C(C)C.O=C(O)C(=O)O. The van der Waals surface area contributed by atoms with Gasteiger partial charge in [0.1, 0.15) is 0 Å². The van der Waals surface area contributed by atoms with E-state index in [9.17, 15) is 13.2 Å². The minimum Gasteiger partial charge on any atom is -0.473 e. The van der Waals surface area contributed by atoms with E-state index in [4.69, 9.17) is 19.8 Å². The number of likely N-dealkylation sites (N-methyl/N-ethyl adjacent to an activating group) is 1. The Balaban J connectivity index is 0.00000113. The molecule has 0 atom stereocenters. The number of nitrogens with zero attached hydrogens (tertiary/aromatic N) is 1. The summed E-state index contributed by atoms with van der Waals surface area (Å²) in [5, 5.41) is 20.7. The molecule has 0 heterocycles. The van der Waals surface area contributed by atoms with Gasteiger partial charge in [-0.2, -0.15) is 0 Å². The first kappa shape index (κ1) is 26.3. The molecule has 1 aromatic rings. The van der Waals surface area contributed by atoms with Gasteiger partial charge in [0, 0.05) is 25.7 Å². The second kappa shape index (κ2) is 13.5. The van der Waals surface area contributed by atoms with E-state index in [-0.39, 0.29) is 29.3 Å². The van der Waals surface area contributed by atoms with Gasteiger partial charge in [-0.3, -0.25) is 0 Å². The Morgan fingerprint density at radius 3 is 2.03 bits per heavy atom. The van der Waals surface area contributed by atoms with Crippen LogP contribution < -0.4 is 10.6 Å². The molecule has 0 saturated carbocycles. The zero-order valence-electron chi connectivity index (χ0n) is 16.8. The highest BCUT2D eigenvalue weighted by Gasteiger charge is 2.21. The van der Waals surface area contributed by atoms with Gasteiger partial charge in [0.15, 0.2) is 9.84 Å². The lowest BCUT2D eigenvalue weighted by molar-refractivity contribution is -0.159. The Hall–Kier alpha value is -2.66. The molecule has 0 bridgehead atoms. The molecule has 10 nitrogen and oxygen atoms in total. The van der Waals surface area contributed by atoms with E-state index >= 15 is 0 Å². The maximum Gasteiger partial charge on any atom is 0.414 e. The van der Waals surface area contributed by atoms with Crippen molar-refractivity contribution in [2.45, 2.75) is 31.7 Å². The molecule has 2 amide bonds. The van der Waals surface area contributed by atoms with Crippen LogP contribution >= 0.6 is 0 Å². The molecule has 0 unspecified atom stereocenters. The summed E-state index contributed by atoms with van der Waals surface area (Å²) in [4.78, 5) is 32.2. The number of hydrogen-bond donors (Lipinski definition) is 4. The van der Waals surface area contributed by atoms with Crippen LogP contribution in [-0.2, 0) is 19.4 Å². The number of carboxylic acids is 2. The molecule has 0 spiro atoms. The van der Waals surface area contributed by atoms with Gasteiger partial charge in [-0.1, -0.05) is 25.1 Å². The molecule has 0 aliphatic carbocycles. The van der Waals surface area contributed by atoms with Crippen molar-refractivity contribution in [1.82, 2.24) is 15.5 Å². The van der Waals surface area contributed by atoms with E-state index in [1.54, 1.807) is 35.2 Å². The molecule has 1 rings (SSSR count). The van der Waals surface area contributed by atoms with Gasteiger partial charge < -0.3 is 25.7 Å². The third-order valence-electron chi connectivity index (χ3n) is 3.60. The largest absolute Gasteiger partial charge is 0.473 e. The summed E-state index contributed by atoms with van der Waals surface area (Å²) in [5.41, 5.74) is 0. The van der Waals surface area contributed by atoms with E-state index < -0.39 is 21.8 Å². The van der Waals surface area contributed by atoms with Crippen LogP contribution in [0.25, 0.3) is 0 Å². The van der Waals surface area contributed by atoms with Gasteiger partial charge in [0.25, 0.3) is 0 Å². The van der Waals surface area contributed by atoms with E-state index in [0.717, 1.165) is 6.54 Å². The average Bonchev–Trinajstić information content (AvgIpc) is 2.66. The lowest BCUT2D eigenvalue weighted by Crippen LogP contribution is -2.47. The highest BCUT2D eigenvalue weighted by atomic mass is 32.2. The zero-order chi connectivity index (χ0) is 22.4. The predicted molar refractivity (Wildman–Crippen MR) is 108 cm³/mol. The summed E-state index contributed by atoms with van der Waals surface area (Å²) in [6.45, 7) is 7.97. The molecule has 29 heavy (non-hydrogen) atoms. The summed E-state index contributed by atoms with van der Waals surface area (Å²) >= 11 is 0. The van der Waals surface area contributed by atoms with Gasteiger partial charge in [-0.05, 0) is 32.5 Å². The number of rotatable bonds is 9. The Morgan fingerprint density at radius 2 is 1.59 bits per heavy atom. The smallest absolute Gasteiger partial charge is 0.414 e. The van der Waals surface area contributed by atoms with Crippen LogP contribution in [0.5, 0.6) is 0 Å². The molecule has 1 aromatic carbocycles. The molecule has 0 saturated heterocycles. The minimum atomic E-state index is -3.39. The van der Waals surface area contributed by atoms with Crippen molar-refractivity contribution < 1.29 is 33.0 Å². The van der Waals surface area contributed by atoms with Crippen LogP contribution in [0.2, 0.25) is 0 Å². The molecule has 0 aliphatic heterocycles. The fourth-order valence-corrected chi connectivity index (χ4v) is 3.34. The Bertz CT molecular complexity index is 740. The summed E-state index contributed by atoms with van der Waals surface area (Å²) in [6.07, 6.45) is 0. The van der Waals surface area contributed by atoms with Crippen LogP contribution in [0.1, 0.15) is 20.8 Å². The van der Waals surface area contributed by atoms with E-state index in [1.165, 1.54) is 0 Å². The number of urea groups is 1. The quantitative estimate of drug-likeness (QED) is 0.328. The number of sulfone groups is 1. The molecule has 11 heteroatoms. The van der Waals surface area contributed by atoms with E-state index in [1.807, 2.05) is 20.8 Å². The maximum absolute atomic E-state index is 12.3. The van der Waals surface area contributed by atoms with E-state index in [0.29, 0.717) is 13.1 Å². The first-order valence-corrected chi connectivity index (χ1v) is 10.7. The number of carbonyl (C=O) groups excluding carboxylic acids is 1. The van der Waals surface area contributed by atoms with Crippen LogP contribution in [0.4, 0.5) is 4.79 Å². The first-order chi connectivity index (χ1) is 13.5. The molecule has 0 aliphatic rings. The molecule has 164 valence electrons. The Labute approximate surface area is 170 Å². The van der Waals surface area contributed by atoms with Crippen LogP contribution in [-0.4, -0.2) is 79.5 Å². The molecule has 0 radical (unpaired) electrons. The molecule has 0 fully saturated rings. The van der Waals surface area contributed by atoms with Gasteiger partial charge in [0.05, 0.1) is 10.6 Å². The molecule has 4 N–H and O–H groups in total. The van der Waals surface area contributed by atoms with Crippen molar-refractivity contribution in [2.75, 3.05) is 31.9 Å². The highest BCUT2D eigenvalue weighted by Crippen LogP contribution is 2.11. The van der Waals surface area contributed by atoms with Crippen molar-refractivity contribution in [3.05, 3.63) is 30.3 Å². The van der Waals surface area contributed by atoms with Crippen molar-refractivity contribution in [1.29, 1.82) is 0 Å². The summed E-state index contributed by atoms with van der Waals surface area (Å²) in [7, 11) is -3.39. The fourth-order valence-electron chi connectivity index (χ4n) is 2.09. The molecular weight excluding hydrogens is 402 g/mol. The number of carboxylic acid groups (broad SMARTS) is 2. The third-order valence-corrected chi connectivity index (χ3v) is 5.31. The number of amides is 2. The Kier molecular flexibility index (Phi) is 12.3. The lowest BCUT2D eigenvalue weighted by atomic mass is 10.3. The van der Waals surface area contributed by atoms with Gasteiger partial charge in [0.2, 0.25) is 0 Å². The third kappa shape index (κ3) is 11.1. The number of nitrogens with one attached hydrogen (secondary N) is 2. The minimum absolute atomic E-state index is 0.0693. The first-order valence-electron chi connectivity index (χ1n) is 9.02. The van der Waals surface area contributed by atoms with Crippen LogP contribution in [0.3, 0.4) is 0 Å². The monoisotopic (exact) mass is 431 g/mol. The van der Waals surface area contributed by atoms with Crippen molar-refractivity contribution >= 4 is 27.8 Å². The number of aliphatic carboxylic acids is 2. The van der Waals surface area contributed by atoms with Crippen molar-refractivity contribution in [3.63, 3.8) is 0 Å². The average molecular weight is 432 g/mol. The van der Waals surface area contributed by atoms with Crippen LogP contribution in [0, 0.1) is 0 Å². The van der Waals surface area contributed by atoms with Crippen molar-refractivity contribution in [3.8, 4) is 0 Å². The number of benzene rings is 1. The van der Waals surface area contributed by atoms with Crippen LogP contribution in [0.15, 0.2) is 35.2 Å². The number of carbonyl (C=O) groups is 3. The highest BCUT2D eigenvalue weighted by molar-refractivity contribution is 7.91.